The summed E-state index contributed by atoms with van der Waals surface area (Å²) in [4.78, 5) is 2.45. The van der Waals surface area contributed by atoms with E-state index in [9.17, 15) is 0 Å². The van der Waals surface area contributed by atoms with E-state index in [4.69, 9.17) is 10.5 Å². The highest BCUT2D eigenvalue weighted by molar-refractivity contribution is 5.63. The van der Waals surface area contributed by atoms with Crippen molar-refractivity contribution in [3.8, 4) is 5.75 Å². The third-order valence-electron chi connectivity index (χ3n) is 3.67. The largest absolute Gasteiger partial charge is 0.491 e. The molecule has 0 saturated carbocycles. The summed E-state index contributed by atoms with van der Waals surface area (Å²) in [5.41, 5.74) is 8.13. The van der Waals surface area contributed by atoms with Gasteiger partial charge in [-0.05, 0) is 45.2 Å². The Morgan fingerprint density at radius 2 is 2.17 bits per heavy atom. The number of hydrogen-bond donors (Lipinski definition) is 1. The number of nitrogen functional groups attached to an aromatic ring is 1. The molecule has 1 aromatic rings. The van der Waals surface area contributed by atoms with E-state index in [1.165, 1.54) is 18.5 Å². The Hall–Kier alpha value is -1.38. The van der Waals surface area contributed by atoms with Gasteiger partial charge in [0.15, 0.2) is 0 Å². The molecule has 3 heteroatoms. The molecule has 1 aromatic carbocycles. The summed E-state index contributed by atoms with van der Waals surface area (Å²) in [6.45, 7) is 8.52. The van der Waals surface area contributed by atoms with Gasteiger partial charge >= 0.3 is 0 Å². The minimum absolute atomic E-state index is 0.234. The van der Waals surface area contributed by atoms with Crippen molar-refractivity contribution in [1.29, 1.82) is 0 Å². The number of benzene rings is 1. The molecular formula is C15H24N2O. The maximum absolute atomic E-state index is 5.95. The van der Waals surface area contributed by atoms with Crippen LogP contribution in [0.25, 0.3) is 0 Å². The second-order valence-corrected chi connectivity index (χ2v) is 5.64. The van der Waals surface area contributed by atoms with Gasteiger partial charge in [-0.1, -0.05) is 6.92 Å². The van der Waals surface area contributed by atoms with Gasteiger partial charge in [0, 0.05) is 23.8 Å². The van der Waals surface area contributed by atoms with E-state index in [-0.39, 0.29) is 5.54 Å². The zero-order chi connectivity index (χ0) is 13.2. The summed E-state index contributed by atoms with van der Waals surface area (Å²) in [7, 11) is 0. The first-order chi connectivity index (χ1) is 8.54. The number of nitrogens with zero attached hydrogens (tertiary/aromatic N) is 1. The van der Waals surface area contributed by atoms with Crippen molar-refractivity contribution in [2.75, 3.05) is 23.8 Å². The fourth-order valence-corrected chi connectivity index (χ4v) is 2.61. The highest BCUT2D eigenvalue weighted by Crippen LogP contribution is 2.36. The third kappa shape index (κ3) is 2.55. The summed E-state index contributed by atoms with van der Waals surface area (Å²) in [5, 5.41) is 0. The van der Waals surface area contributed by atoms with Gasteiger partial charge in [-0.15, -0.1) is 0 Å². The van der Waals surface area contributed by atoms with Crippen LogP contribution < -0.4 is 15.4 Å². The lowest BCUT2D eigenvalue weighted by atomic mass is 10.0. The Bertz CT molecular complexity index is 415. The highest BCUT2D eigenvalue weighted by atomic mass is 16.5. The van der Waals surface area contributed by atoms with Gasteiger partial charge in [-0.3, -0.25) is 0 Å². The van der Waals surface area contributed by atoms with Crippen LogP contribution in [0.2, 0.25) is 0 Å². The number of nitrogens with two attached hydrogens (primary N) is 1. The van der Waals surface area contributed by atoms with Gasteiger partial charge in [0.1, 0.15) is 5.75 Å². The van der Waals surface area contributed by atoms with Crippen molar-refractivity contribution in [2.45, 2.75) is 45.6 Å². The molecule has 1 saturated heterocycles. The van der Waals surface area contributed by atoms with Gasteiger partial charge < -0.3 is 15.4 Å². The molecule has 0 bridgehead atoms. The summed E-state index contributed by atoms with van der Waals surface area (Å²) in [6.07, 6.45) is 3.49. The molecule has 18 heavy (non-hydrogen) atoms. The van der Waals surface area contributed by atoms with E-state index in [1.807, 2.05) is 6.07 Å². The minimum Gasteiger partial charge on any atom is -0.491 e. The first-order valence-corrected chi connectivity index (χ1v) is 6.84. The molecule has 0 aromatic heterocycles. The fourth-order valence-electron chi connectivity index (χ4n) is 2.61. The van der Waals surface area contributed by atoms with Crippen molar-refractivity contribution < 1.29 is 4.74 Å². The van der Waals surface area contributed by atoms with Crippen molar-refractivity contribution in [2.24, 2.45) is 0 Å². The molecule has 0 unspecified atom stereocenters. The number of anilines is 2. The third-order valence-corrected chi connectivity index (χ3v) is 3.67. The Balaban J connectivity index is 2.23. The van der Waals surface area contributed by atoms with Crippen molar-refractivity contribution in [1.82, 2.24) is 0 Å². The second kappa shape index (κ2) is 5.09. The lowest BCUT2D eigenvalue weighted by Crippen LogP contribution is -2.38. The van der Waals surface area contributed by atoms with Crippen LogP contribution in [0.3, 0.4) is 0 Å². The number of hydrogen-bond acceptors (Lipinski definition) is 3. The zero-order valence-corrected chi connectivity index (χ0v) is 11.7. The lowest BCUT2D eigenvalue weighted by molar-refractivity contribution is 0.319. The molecule has 0 spiro atoms. The maximum Gasteiger partial charge on any atom is 0.144 e. The Morgan fingerprint density at radius 1 is 1.39 bits per heavy atom. The molecule has 0 atom stereocenters. The summed E-state index contributed by atoms with van der Waals surface area (Å²) in [6, 6.07) is 6.13. The molecule has 1 aliphatic rings. The van der Waals surface area contributed by atoms with Crippen LogP contribution in [0.1, 0.15) is 40.0 Å². The minimum atomic E-state index is 0.234. The molecule has 1 heterocycles. The molecular weight excluding hydrogens is 224 g/mol. The molecule has 1 fully saturated rings. The molecule has 0 aliphatic carbocycles. The average Bonchev–Trinajstić information content (AvgIpc) is 2.68. The normalized spacial score (nSPS) is 18.1. The van der Waals surface area contributed by atoms with Gasteiger partial charge in [-0.25, -0.2) is 0 Å². The molecule has 2 rings (SSSR count). The smallest absolute Gasteiger partial charge is 0.144 e. The summed E-state index contributed by atoms with van der Waals surface area (Å²) < 4.78 is 5.70. The van der Waals surface area contributed by atoms with Gasteiger partial charge in [0.05, 0.1) is 12.3 Å². The first kappa shape index (κ1) is 13.1. The molecule has 2 N–H and O–H groups in total. The van der Waals surface area contributed by atoms with Crippen LogP contribution >= 0.6 is 0 Å². The molecule has 0 radical (unpaired) electrons. The van der Waals surface area contributed by atoms with Crippen LogP contribution in [0.5, 0.6) is 5.75 Å². The summed E-state index contributed by atoms with van der Waals surface area (Å²) >= 11 is 0. The molecule has 100 valence electrons. The molecule has 1 aliphatic heterocycles. The molecule has 0 amide bonds. The van der Waals surface area contributed by atoms with E-state index < -0.39 is 0 Å². The highest BCUT2D eigenvalue weighted by Gasteiger charge is 2.32. The fraction of sp³-hybridized carbons (Fsp3) is 0.600. The standard InChI is InChI=1S/C15H24N2O/c1-4-10-18-14-11-12(6-7-13(14)16)17-9-5-8-15(17,2)3/h6-7,11H,4-5,8-10,16H2,1-3H3. The van der Waals surface area contributed by atoms with E-state index >= 15 is 0 Å². The number of rotatable bonds is 4. The van der Waals surface area contributed by atoms with Gasteiger partial charge in [0.25, 0.3) is 0 Å². The van der Waals surface area contributed by atoms with Crippen LogP contribution in [0.15, 0.2) is 18.2 Å². The van der Waals surface area contributed by atoms with Gasteiger partial charge in [-0.2, -0.15) is 0 Å². The first-order valence-electron chi connectivity index (χ1n) is 6.84. The van der Waals surface area contributed by atoms with Gasteiger partial charge in [0.2, 0.25) is 0 Å². The van der Waals surface area contributed by atoms with Crippen LogP contribution in [-0.2, 0) is 0 Å². The average molecular weight is 248 g/mol. The predicted octanol–water partition coefficient (Wildman–Crippen LogP) is 3.44. The van der Waals surface area contributed by atoms with Crippen molar-refractivity contribution >= 4 is 11.4 Å². The predicted molar refractivity (Wildman–Crippen MR) is 77.3 cm³/mol. The van der Waals surface area contributed by atoms with Crippen LogP contribution in [0, 0.1) is 0 Å². The Labute approximate surface area is 110 Å². The topological polar surface area (TPSA) is 38.5 Å². The zero-order valence-electron chi connectivity index (χ0n) is 11.7. The monoisotopic (exact) mass is 248 g/mol. The lowest BCUT2D eigenvalue weighted by Gasteiger charge is -2.34. The Morgan fingerprint density at radius 3 is 2.78 bits per heavy atom. The quantitative estimate of drug-likeness (QED) is 0.830. The Kier molecular flexibility index (Phi) is 3.69. The van der Waals surface area contributed by atoms with E-state index in [2.05, 4.69) is 37.8 Å². The van der Waals surface area contributed by atoms with Crippen molar-refractivity contribution in [3.05, 3.63) is 18.2 Å². The second-order valence-electron chi connectivity index (χ2n) is 5.64. The van der Waals surface area contributed by atoms with E-state index in [0.717, 1.165) is 31.0 Å². The summed E-state index contributed by atoms with van der Waals surface area (Å²) in [5.74, 6) is 0.817. The van der Waals surface area contributed by atoms with Crippen LogP contribution in [0.4, 0.5) is 11.4 Å². The van der Waals surface area contributed by atoms with E-state index in [0.29, 0.717) is 0 Å². The maximum atomic E-state index is 5.95. The van der Waals surface area contributed by atoms with Crippen molar-refractivity contribution in [3.63, 3.8) is 0 Å². The number of ether oxygens (including phenoxy) is 1. The SMILES string of the molecule is CCCOc1cc(N2CCCC2(C)C)ccc1N. The van der Waals surface area contributed by atoms with E-state index in [1.54, 1.807) is 0 Å². The molecule has 3 nitrogen and oxygen atoms in total. The van der Waals surface area contributed by atoms with Crippen LogP contribution in [-0.4, -0.2) is 18.7 Å².